The van der Waals surface area contributed by atoms with Gasteiger partial charge in [0, 0.05) is 31.7 Å². The summed E-state index contributed by atoms with van der Waals surface area (Å²) in [7, 11) is 1.72. The molecule has 0 radical (unpaired) electrons. The van der Waals surface area contributed by atoms with Crippen molar-refractivity contribution in [2.75, 3.05) is 32.6 Å². The van der Waals surface area contributed by atoms with Gasteiger partial charge in [-0.1, -0.05) is 18.6 Å². The number of nitrogens with one attached hydrogen (secondary N) is 1. The number of benzene rings is 1. The molecule has 0 amide bonds. The summed E-state index contributed by atoms with van der Waals surface area (Å²) in [6.45, 7) is 2.85. The summed E-state index contributed by atoms with van der Waals surface area (Å²) in [5, 5.41) is 12.0. The Hall–Kier alpha value is -0.550. The van der Waals surface area contributed by atoms with Gasteiger partial charge >= 0.3 is 0 Å². The lowest BCUT2D eigenvalue weighted by Gasteiger charge is -2.06. The fraction of sp³-hybridized carbons (Fsp3) is 0.600. The third kappa shape index (κ3) is 8.26. The van der Waals surface area contributed by atoms with Crippen LogP contribution in [0, 0.1) is 0 Å². The van der Waals surface area contributed by atoms with Gasteiger partial charge in [-0.05, 0) is 36.3 Å². The van der Waals surface area contributed by atoms with E-state index in [0.29, 0.717) is 6.61 Å². The summed E-state index contributed by atoms with van der Waals surface area (Å²) in [6.07, 6.45) is 3.21. The minimum absolute atomic E-state index is 0.315. The van der Waals surface area contributed by atoms with Crippen LogP contribution in [0.15, 0.2) is 29.2 Å². The van der Waals surface area contributed by atoms with Crippen LogP contribution in [0.4, 0.5) is 0 Å². The van der Waals surface area contributed by atoms with Crippen molar-refractivity contribution in [3.05, 3.63) is 29.8 Å². The molecule has 2 N–H and O–H groups in total. The van der Waals surface area contributed by atoms with Gasteiger partial charge in [-0.2, -0.15) is 0 Å². The van der Waals surface area contributed by atoms with Crippen LogP contribution in [0.3, 0.4) is 0 Å². The smallest absolute Gasteiger partial charge is 0.0587 e. The summed E-state index contributed by atoms with van der Waals surface area (Å²) >= 11 is 1.89. The third-order valence-corrected chi connectivity index (χ3v) is 3.90. The number of unbranched alkanes of at least 4 members (excludes halogenated alkanes) is 2. The highest BCUT2D eigenvalue weighted by atomic mass is 32.2. The second kappa shape index (κ2) is 11.3. The number of hydrogen-bond donors (Lipinski definition) is 2. The highest BCUT2D eigenvalue weighted by molar-refractivity contribution is 7.99. The number of ether oxygens (including phenoxy) is 1. The maximum atomic E-state index is 8.70. The Morgan fingerprint density at radius 2 is 1.95 bits per heavy atom. The molecule has 4 heteroatoms. The molecular formula is C15H25NO2S. The lowest BCUT2D eigenvalue weighted by Crippen LogP contribution is -2.18. The van der Waals surface area contributed by atoms with E-state index in [1.807, 2.05) is 11.8 Å². The molecular weight excluding hydrogens is 258 g/mol. The molecule has 0 fully saturated rings. The summed E-state index contributed by atoms with van der Waals surface area (Å²) < 4.78 is 4.99. The maximum Gasteiger partial charge on any atom is 0.0587 e. The Balaban J connectivity index is 2.16. The van der Waals surface area contributed by atoms with Gasteiger partial charge < -0.3 is 15.2 Å². The number of hydrogen-bond acceptors (Lipinski definition) is 4. The van der Waals surface area contributed by atoms with Crippen molar-refractivity contribution in [2.45, 2.75) is 30.7 Å². The van der Waals surface area contributed by atoms with E-state index in [1.54, 1.807) is 7.11 Å². The van der Waals surface area contributed by atoms with Gasteiger partial charge in [0.25, 0.3) is 0 Å². The van der Waals surface area contributed by atoms with Gasteiger partial charge in [0.1, 0.15) is 0 Å². The molecule has 1 aromatic carbocycles. The van der Waals surface area contributed by atoms with Crippen LogP contribution in [0.5, 0.6) is 0 Å². The van der Waals surface area contributed by atoms with E-state index in [9.17, 15) is 0 Å². The van der Waals surface area contributed by atoms with Gasteiger partial charge in [-0.15, -0.1) is 11.8 Å². The zero-order valence-corrected chi connectivity index (χ0v) is 12.5. The van der Waals surface area contributed by atoms with Crippen LogP contribution < -0.4 is 5.32 Å². The van der Waals surface area contributed by atoms with Crippen LogP contribution in [-0.2, 0) is 11.3 Å². The summed E-state index contributed by atoms with van der Waals surface area (Å²) in [6, 6.07) is 8.72. The second-order valence-corrected chi connectivity index (χ2v) is 5.61. The Morgan fingerprint density at radius 1 is 1.16 bits per heavy atom. The number of aliphatic hydroxyl groups excluding tert-OH is 1. The van der Waals surface area contributed by atoms with Gasteiger partial charge in [0.2, 0.25) is 0 Å². The Bertz CT molecular complexity index is 316. The molecule has 0 spiro atoms. The predicted molar refractivity (Wildman–Crippen MR) is 81.7 cm³/mol. The molecule has 0 saturated heterocycles. The number of thioether (sulfide) groups is 1. The molecule has 3 nitrogen and oxygen atoms in total. The zero-order chi connectivity index (χ0) is 13.8. The normalized spacial score (nSPS) is 10.8. The molecule has 0 unspecified atom stereocenters. The van der Waals surface area contributed by atoms with Crippen LogP contribution in [0.1, 0.15) is 24.8 Å². The van der Waals surface area contributed by atoms with E-state index < -0.39 is 0 Å². The molecule has 0 aliphatic heterocycles. The molecule has 1 rings (SSSR count). The van der Waals surface area contributed by atoms with Gasteiger partial charge in [-0.3, -0.25) is 0 Å². The Labute approximate surface area is 120 Å². The average Bonchev–Trinajstić information content (AvgIpc) is 2.45. The van der Waals surface area contributed by atoms with E-state index in [2.05, 4.69) is 29.6 Å². The lowest BCUT2D eigenvalue weighted by molar-refractivity contribution is 0.199. The third-order valence-electron chi connectivity index (χ3n) is 2.81. The largest absolute Gasteiger partial charge is 0.396 e. The van der Waals surface area contributed by atoms with Gasteiger partial charge in [0.05, 0.1) is 6.61 Å². The maximum absolute atomic E-state index is 8.70. The molecule has 0 aliphatic carbocycles. The highest BCUT2D eigenvalue weighted by Gasteiger charge is 1.96. The van der Waals surface area contributed by atoms with Crippen molar-refractivity contribution >= 4 is 11.8 Å². The fourth-order valence-corrected chi connectivity index (χ4v) is 2.60. The van der Waals surface area contributed by atoms with Crippen molar-refractivity contribution in [2.24, 2.45) is 0 Å². The summed E-state index contributed by atoms with van der Waals surface area (Å²) in [5.74, 6) is 1.13. The topological polar surface area (TPSA) is 41.5 Å². The minimum atomic E-state index is 0.315. The first-order valence-corrected chi connectivity index (χ1v) is 7.87. The SMILES string of the molecule is COCCNCc1ccc(SCCCCCO)cc1. The second-order valence-electron chi connectivity index (χ2n) is 4.45. The van der Waals surface area contributed by atoms with E-state index in [4.69, 9.17) is 9.84 Å². The standard InChI is InChI=1S/C15H25NO2S/c1-18-11-9-16-13-14-5-7-15(8-6-14)19-12-4-2-3-10-17/h5-8,16-17H,2-4,9-13H2,1H3. The molecule has 0 bridgehead atoms. The molecule has 0 atom stereocenters. The van der Waals surface area contributed by atoms with E-state index in [1.165, 1.54) is 16.9 Å². The van der Waals surface area contributed by atoms with Crippen molar-refractivity contribution in [3.8, 4) is 0 Å². The summed E-state index contributed by atoms with van der Waals surface area (Å²) in [5.41, 5.74) is 1.31. The first-order valence-electron chi connectivity index (χ1n) is 6.89. The number of rotatable bonds is 11. The van der Waals surface area contributed by atoms with Crippen molar-refractivity contribution < 1.29 is 9.84 Å². The molecule has 0 aromatic heterocycles. The molecule has 1 aromatic rings. The molecule has 0 aliphatic rings. The molecule has 0 heterocycles. The van der Waals surface area contributed by atoms with Gasteiger partial charge in [-0.25, -0.2) is 0 Å². The Kier molecular flexibility index (Phi) is 9.81. The zero-order valence-electron chi connectivity index (χ0n) is 11.7. The van der Waals surface area contributed by atoms with Crippen LogP contribution in [-0.4, -0.2) is 37.7 Å². The number of aliphatic hydroxyl groups is 1. The first-order chi connectivity index (χ1) is 9.36. The quantitative estimate of drug-likeness (QED) is 0.484. The van der Waals surface area contributed by atoms with E-state index >= 15 is 0 Å². The molecule has 0 saturated carbocycles. The molecule has 108 valence electrons. The monoisotopic (exact) mass is 283 g/mol. The summed E-state index contributed by atoms with van der Waals surface area (Å²) in [4.78, 5) is 1.32. The lowest BCUT2D eigenvalue weighted by atomic mass is 10.2. The van der Waals surface area contributed by atoms with Crippen molar-refractivity contribution in [1.82, 2.24) is 5.32 Å². The molecule has 19 heavy (non-hydrogen) atoms. The van der Waals surface area contributed by atoms with Crippen molar-refractivity contribution in [1.29, 1.82) is 0 Å². The van der Waals surface area contributed by atoms with Crippen LogP contribution in [0.2, 0.25) is 0 Å². The average molecular weight is 283 g/mol. The Morgan fingerprint density at radius 3 is 2.63 bits per heavy atom. The van der Waals surface area contributed by atoms with Crippen LogP contribution >= 0.6 is 11.8 Å². The fourth-order valence-electron chi connectivity index (χ4n) is 1.69. The van der Waals surface area contributed by atoms with Crippen molar-refractivity contribution in [3.63, 3.8) is 0 Å². The van der Waals surface area contributed by atoms with Crippen LogP contribution in [0.25, 0.3) is 0 Å². The minimum Gasteiger partial charge on any atom is -0.396 e. The van der Waals surface area contributed by atoms with E-state index in [0.717, 1.165) is 38.3 Å². The van der Waals surface area contributed by atoms with Gasteiger partial charge in [0.15, 0.2) is 0 Å². The predicted octanol–water partition coefficient (Wildman–Crippen LogP) is 2.68. The highest BCUT2D eigenvalue weighted by Crippen LogP contribution is 2.20. The first kappa shape index (κ1) is 16.5. The van der Waals surface area contributed by atoms with E-state index in [-0.39, 0.29) is 0 Å². The number of methoxy groups -OCH3 is 1.